The van der Waals surface area contributed by atoms with E-state index in [1.807, 2.05) is 24.3 Å². The van der Waals surface area contributed by atoms with Crippen molar-refractivity contribution in [3.8, 4) is 11.5 Å². The number of hydrogen-bond donors (Lipinski definition) is 0. The average Bonchev–Trinajstić information content (AvgIpc) is 2.75. The van der Waals surface area contributed by atoms with Crippen LogP contribution in [0.15, 0.2) is 36.4 Å². The smallest absolute Gasteiger partial charge is 0.253 e. The molecule has 2 rings (SSSR count). The second-order valence-corrected chi connectivity index (χ2v) is 4.01. The number of methoxy groups -OCH3 is 1. The largest absolute Gasteiger partial charge is 0.493 e. The second kappa shape index (κ2) is 6.04. The van der Waals surface area contributed by atoms with Gasteiger partial charge in [0.1, 0.15) is 0 Å². The fraction of sp³-hybridized carbons (Fsp3) is 0.286. The van der Waals surface area contributed by atoms with Crippen molar-refractivity contribution in [1.82, 2.24) is 4.90 Å². The lowest BCUT2D eigenvalue weighted by atomic mass is 10.3. The van der Waals surface area contributed by atoms with Crippen LogP contribution < -0.4 is 9.47 Å². The number of carbonyl (C=O) groups is 2. The Labute approximate surface area is 111 Å². The Kier molecular flexibility index (Phi) is 4.18. The summed E-state index contributed by atoms with van der Waals surface area (Å²) in [4.78, 5) is 23.8. The SMILES string of the molecule is COc1ccccc1OCCCN1C(=O)C=CC1=O. The lowest BCUT2D eigenvalue weighted by molar-refractivity contribution is -0.136. The molecule has 0 bridgehead atoms. The first-order valence-electron chi connectivity index (χ1n) is 6.01. The van der Waals surface area contributed by atoms with E-state index in [0.29, 0.717) is 31.1 Å². The van der Waals surface area contributed by atoms with Gasteiger partial charge in [-0.2, -0.15) is 0 Å². The molecule has 0 fully saturated rings. The standard InChI is InChI=1S/C14H15NO4/c1-18-11-5-2-3-6-12(11)19-10-4-9-15-13(16)7-8-14(15)17/h2-3,5-8H,4,9-10H2,1H3. The Bertz CT molecular complexity index is 492. The van der Waals surface area contributed by atoms with Gasteiger partial charge < -0.3 is 9.47 Å². The fourth-order valence-corrected chi connectivity index (χ4v) is 1.79. The molecular formula is C14H15NO4. The van der Waals surface area contributed by atoms with Crippen LogP contribution >= 0.6 is 0 Å². The maximum atomic E-state index is 11.3. The Morgan fingerprint density at radius 3 is 2.32 bits per heavy atom. The highest BCUT2D eigenvalue weighted by molar-refractivity contribution is 6.12. The van der Waals surface area contributed by atoms with Crippen LogP contribution in [0.3, 0.4) is 0 Å². The second-order valence-electron chi connectivity index (χ2n) is 4.01. The van der Waals surface area contributed by atoms with Crippen LogP contribution in [0.5, 0.6) is 11.5 Å². The van der Waals surface area contributed by atoms with E-state index in [2.05, 4.69) is 0 Å². The Hall–Kier alpha value is -2.30. The van der Waals surface area contributed by atoms with Gasteiger partial charge in [0.05, 0.1) is 13.7 Å². The maximum absolute atomic E-state index is 11.3. The van der Waals surface area contributed by atoms with Gasteiger partial charge in [-0.05, 0) is 18.6 Å². The Balaban J connectivity index is 1.78. The third kappa shape index (κ3) is 3.13. The number of para-hydroxylation sites is 2. The molecule has 1 aliphatic rings. The summed E-state index contributed by atoms with van der Waals surface area (Å²) >= 11 is 0. The van der Waals surface area contributed by atoms with E-state index in [0.717, 1.165) is 0 Å². The minimum atomic E-state index is -0.262. The summed E-state index contributed by atoms with van der Waals surface area (Å²) in [5, 5.41) is 0. The van der Waals surface area contributed by atoms with Crippen LogP contribution in [0.2, 0.25) is 0 Å². The molecule has 0 N–H and O–H groups in total. The normalized spacial score (nSPS) is 14.1. The van der Waals surface area contributed by atoms with Gasteiger partial charge in [-0.3, -0.25) is 14.5 Å². The monoisotopic (exact) mass is 261 g/mol. The molecule has 5 heteroatoms. The van der Waals surface area contributed by atoms with Crippen LogP contribution in [0, 0.1) is 0 Å². The third-order valence-corrected chi connectivity index (χ3v) is 2.75. The molecule has 0 unspecified atom stereocenters. The third-order valence-electron chi connectivity index (χ3n) is 2.75. The molecule has 0 spiro atoms. The van der Waals surface area contributed by atoms with Gasteiger partial charge >= 0.3 is 0 Å². The van der Waals surface area contributed by atoms with Crippen molar-refractivity contribution in [3.63, 3.8) is 0 Å². The van der Waals surface area contributed by atoms with E-state index >= 15 is 0 Å². The van der Waals surface area contributed by atoms with E-state index in [1.165, 1.54) is 17.1 Å². The minimum Gasteiger partial charge on any atom is -0.493 e. The number of hydrogen-bond acceptors (Lipinski definition) is 4. The molecule has 1 aromatic carbocycles. The molecule has 0 aromatic heterocycles. The first-order chi connectivity index (χ1) is 9.22. The summed E-state index contributed by atoms with van der Waals surface area (Å²) in [5.74, 6) is 0.796. The minimum absolute atomic E-state index is 0.262. The first-order valence-corrected chi connectivity index (χ1v) is 6.01. The highest BCUT2D eigenvalue weighted by Gasteiger charge is 2.22. The fourth-order valence-electron chi connectivity index (χ4n) is 1.79. The van der Waals surface area contributed by atoms with E-state index in [9.17, 15) is 9.59 Å². The number of imide groups is 1. The summed E-state index contributed by atoms with van der Waals surface area (Å²) in [7, 11) is 1.58. The van der Waals surface area contributed by atoms with Crippen LogP contribution in [-0.2, 0) is 9.59 Å². The molecule has 2 amide bonds. The zero-order valence-electron chi connectivity index (χ0n) is 10.7. The van der Waals surface area contributed by atoms with Gasteiger partial charge in [0, 0.05) is 18.7 Å². The van der Waals surface area contributed by atoms with Gasteiger partial charge in [0.2, 0.25) is 0 Å². The highest BCUT2D eigenvalue weighted by Crippen LogP contribution is 2.25. The molecular weight excluding hydrogens is 246 g/mol. The predicted octanol–water partition coefficient (Wildman–Crippen LogP) is 1.39. The van der Waals surface area contributed by atoms with Gasteiger partial charge in [-0.15, -0.1) is 0 Å². The van der Waals surface area contributed by atoms with Crippen molar-refractivity contribution in [2.24, 2.45) is 0 Å². The van der Waals surface area contributed by atoms with Crippen LogP contribution in [0.1, 0.15) is 6.42 Å². The molecule has 1 heterocycles. The van der Waals surface area contributed by atoms with E-state index in [4.69, 9.17) is 9.47 Å². The Morgan fingerprint density at radius 2 is 1.68 bits per heavy atom. The van der Waals surface area contributed by atoms with Gasteiger partial charge in [0.15, 0.2) is 11.5 Å². The summed E-state index contributed by atoms with van der Waals surface area (Å²) in [6.07, 6.45) is 3.14. The zero-order chi connectivity index (χ0) is 13.7. The number of amides is 2. The molecule has 0 saturated carbocycles. The van der Waals surface area contributed by atoms with Crippen molar-refractivity contribution < 1.29 is 19.1 Å². The molecule has 1 aromatic rings. The van der Waals surface area contributed by atoms with E-state index in [1.54, 1.807) is 7.11 Å². The molecule has 100 valence electrons. The lowest BCUT2D eigenvalue weighted by Gasteiger charge is -2.14. The number of nitrogens with zero attached hydrogens (tertiary/aromatic N) is 1. The van der Waals surface area contributed by atoms with E-state index < -0.39 is 0 Å². The summed E-state index contributed by atoms with van der Waals surface area (Å²) in [5.41, 5.74) is 0. The van der Waals surface area contributed by atoms with Crippen LogP contribution in [0.4, 0.5) is 0 Å². The van der Waals surface area contributed by atoms with Crippen LogP contribution in [0.25, 0.3) is 0 Å². The van der Waals surface area contributed by atoms with E-state index in [-0.39, 0.29) is 11.8 Å². The predicted molar refractivity (Wildman–Crippen MR) is 69.0 cm³/mol. The number of ether oxygens (including phenoxy) is 2. The van der Waals surface area contributed by atoms with Gasteiger partial charge in [-0.1, -0.05) is 12.1 Å². The zero-order valence-corrected chi connectivity index (χ0v) is 10.7. The summed E-state index contributed by atoms with van der Waals surface area (Å²) < 4.78 is 10.7. The van der Waals surface area contributed by atoms with Crippen molar-refractivity contribution >= 4 is 11.8 Å². The molecule has 0 atom stereocenters. The molecule has 0 aliphatic carbocycles. The number of rotatable bonds is 6. The first kappa shape index (κ1) is 13.1. The average molecular weight is 261 g/mol. The molecule has 1 aliphatic heterocycles. The quantitative estimate of drug-likeness (QED) is 0.573. The Morgan fingerprint density at radius 1 is 1.05 bits per heavy atom. The molecule has 0 radical (unpaired) electrons. The van der Waals surface area contributed by atoms with Crippen molar-refractivity contribution in [1.29, 1.82) is 0 Å². The molecule has 5 nitrogen and oxygen atoms in total. The van der Waals surface area contributed by atoms with Crippen LogP contribution in [-0.4, -0.2) is 37.0 Å². The number of carbonyl (C=O) groups excluding carboxylic acids is 2. The van der Waals surface area contributed by atoms with Crippen molar-refractivity contribution in [2.75, 3.05) is 20.3 Å². The summed E-state index contributed by atoms with van der Waals surface area (Å²) in [6.45, 7) is 0.775. The van der Waals surface area contributed by atoms with Gasteiger partial charge in [-0.25, -0.2) is 0 Å². The molecule has 0 saturated heterocycles. The molecule has 19 heavy (non-hydrogen) atoms. The highest BCUT2D eigenvalue weighted by atomic mass is 16.5. The van der Waals surface area contributed by atoms with Crippen molar-refractivity contribution in [2.45, 2.75) is 6.42 Å². The lowest BCUT2D eigenvalue weighted by Crippen LogP contribution is -2.31. The number of benzene rings is 1. The summed E-state index contributed by atoms with van der Waals surface area (Å²) in [6, 6.07) is 7.34. The van der Waals surface area contributed by atoms with Crippen molar-refractivity contribution in [3.05, 3.63) is 36.4 Å². The maximum Gasteiger partial charge on any atom is 0.253 e. The van der Waals surface area contributed by atoms with Gasteiger partial charge in [0.25, 0.3) is 11.8 Å². The topological polar surface area (TPSA) is 55.8 Å².